The van der Waals surface area contributed by atoms with Gasteiger partial charge in [-0.15, -0.1) is 11.3 Å². The maximum atomic E-state index is 13.5. The van der Waals surface area contributed by atoms with Gasteiger partial charge in [-0.1, -0.05) is 13.8 Å². The van der Waals surface area contributed by atoms with Crippen molar-refractivity contribution in [2.45, 2.75) is 51.6 Å². The number of hydrogen-bond acceptors (Lipinski definition) is 10. The van der Waals surface area contributed by atoms with Gasteiger partial charge in [0, 0.05) is 49.8 Å². The fourth-order valence-corrected chi connectivity index (χ4v) is 6.83. The number of anilines is 2. The van der Waals surface area contributed by atoms with E-state index in [1.807, 2.05) is 13.8 Å². The molecule has 1 amide bonds. The first-order valence-corrected chi connectivity index (χ1v) is 14.5. The van der Waals surface area contributed by atoms with Crippen LogP contribution in [0.3, 0.4) is 0 Å². The molecule has 2 aromatic heterocycles. The number of amides is 1. The van der Waals surface area contributed by atoms with E-state index in [1.54, 1.807) is 22.3 Å². The van der Waals surface area contributed by atoms with Crippen molar-refractivity contribution in [3.05, 3.63) is 33.7 Å². The van der Waals surface area contributed by atoms with E-state index in [9.17, 15) is 15.0 Å². The van der Waals surface area contributed by atoms with E-state index in [1.165, 1.54) is 11.6 Å². The molecular weight excluding hydrogens is 518 g/mol. The predicted octanol–water partition coefficient (Wildman–Crippen LogP) is 3.85. The summed E-state index contributed by atoms with van der Waals surface area (Å²) in [5.41, 5.74) is 2.06. The molecule has 11 heteroatoms. The molecule has 3 aromatic rings. The monoisotopic (exact) mass is 553 g/mol. The number of hydrogen-bond donors (Lipinski definition) is 3. The number of phenols is 2. The van der Waals surface area contributed by atoms with Crippen LogP contribution >= 0.6 is 11.3 Å². The Balaban J connectivity index is 1.34. The molecule has 0 unspecified atom stereocenters. The molecule has 0 saturated carbocycles. The van der Waals surface area contributed by atoms with Gasteiger partial charge >= 0.3 is 0 Å². The van der Waals surface area contributed by atoms with Crippen LogP contribution in [-0.4, -0.2) is 83.1 Å². The number of ether oxygens (including phenoxy) is 2. The minimum atomic E-state index is -0.238. The summed E-state index contributed by atoms with van der Waals surface area (Å²) >= 11 is 1.62. The first kappa shape index (κ1) is 26.1. The summed E-state index contributed by atoms with van der Waals surface area (Å²) in [6, 6.07) is 3.18. The molecule has 39 heavy (non-hydrogen) atoms. The molecule has 0 aliphatic carbocycles. The number of carbonyl (C=O) groups is 1. The molecular formula is C28H35N5O5S. The van der Waals surface area contributed by atoms with Gasteiger partial charge in [0.2, 0.25) is 5.95 Å². The Bertz CT molecular complexity index is 1380. The lowest BCUT2D eigenvalue weighted by Crippen LogP contribution is -2.37. The Hall–Kier alpha value is -3.15. The van der Waals surface area contributed by atoms with Crippen LogP contribution in [0.25, 0.3) is 10.2 Å². The highest BCUT2D eigenvalue weighted by molar-refractivity contribution is 7.19. The number of aromatic nitrogens is 2. The number of nitrogens with one attached hydrogen (secondary N) is 1. The third-order valence-corrected chi connectivity index (χ3v) is 8.94. The SMILES string of the molecule is CC(C)c1cc(C(=O)N2CCc3c(sc4nc(N5CCOCC5)nc(NC5CCOCC5)c34)C2)c(O)cc1O. The van der Waals surface area contributed by atoms with E-state index in [0.29, 0.717) is 50.3 Å². The molecule has 2 saturated heterocycles. The quantitative estimate of drug-likeness (QED) is 0.433. The zero-order valence-electron chi connectivity index (χ0n) is 22.4. The average Bonchev–Trinajstić information content (AvgIpc) is 3.31. The zero-order chi connectivity index (χ0) is 27.1. The number of phenolic OH excluding ortho intramolecular Hbond substituents is 2. The molecule has 3 aliphatic heterocycles. The van der Waals surface area contributed by atoms with Gasteiger partial charge in [-0.25, -0.2) is 4.98 Å². The smallest absolute Gasteiger partial charge is 0.257 e. The molecule has 0 radical (unpaired) electrons. The van der Waals surface area contributed by atoms with Crippen molar-refractivity contribution in [3.63, 3.8) is 0 Å². The second kappa shape index (κ2) is 10.8. The number of aromatic hydroxyl groups is 2. The summed E-state index contributed by atoms with van der Waals surface area (Å²) < 4.78 is 11.1. The molecule has 1 aromatic carbocycles. The number of nitrogens with zero attached hydrogens (tertiary/aromatic N) is 4. The van der Waals surface area contributed by atoms with E-state index >= 15 is 0 Å². The number of morpholine rings is 1. The van der Waals surface area contributed by atoms with E-state index < -0.39 is 0 Å². The van der Waals surface area contributed by atoms with Crippen molar-refractivity contribution < 1.29 is 24.5 Å². The van der Waals surface area contributed by atoms with Gasteiger partial charge in [0.25, 0.3) is 5.91 Å². The predicted molar refractivity (Wildman–Crippen MR) is 150 cm³/mol. The normalized spacial score (nSPS) is 18.5. The average molecular weight is 554 g/mol. The van der Waals surface area contributed by atoms with Gasteiger partial charge < -0.3 is 34.8 Å². The van der Waals surface area contributed by atoms with Crippen LogP contribution in [0.15, 0.2) is 12.1 Å². The Morgan fingerprint density at radius 3 is 2.54 bits per heavy atom. The van der Waals surface area contributed by atoms with Crippen molar-refractivity contribution in [2.24, 2.45) is 0 Å². The van der Waals surface area contributed by atoms with Crippen molar-refractivity contribution >= 4 is 39.2 Å². The summed E-state index contributed by atoms with van der Waals surface area (Å²) in [7, 11) is 0. The van der Waals surface area contributed by atoms with E-state index in [0.717, 1.165) is 60.1 Å². The highest BCUT2D eigenvalue weighted by Crippen LogP contribution is 2.40. The van der Waals surface area contributed by atoms with Gasteiger partial charge in [0.15, 0.2) is 0 Å². The Morgan fingerprint density at radius 2 is 1.79 bits per heavy atom. The number of carbonyl (C=O) groups excluding carboxylic acids is 1. The van der Waals surface area contributed by atoms with Gasteiger partial charge in [-0.3, -0.25) is 4.79 Å². The second-order valence-corrected chi connectivity index (χ2v) is 11.8. The lowest BCUT2D eigenvalue weighted by atomic mass is 9.97. The first-order chi connectivity index (χ1) is 18.9. The molecule has 3 N–H and O–H groups in total. The van der Waals surface area contributed by atoms with Gasteiger partial charge in [0.05, 0.1) is 30.7 Å². The van der Waals surface area contributed by atoms with Gasteiger partial charge in [-0.2, -0.15) is 4.98 Å². The summed E-state index contributed by atoms with van der Waals surface area (Å²) in [5.74, 6) is 1.16. The molecule has 5 heterocycles. The van der Waals surface area contributed by atoms with Crippen molar-refractivity contribution in [3.8, 4) is 11.5 Å². The Kier molecular flexibility index (Phi) is 7.22. The van der Waals surface area contributed by atoms with Crippen LogP contribution in [0.4, 0.5) is 11.8 Å². The van der Waals surface area contributed by atoms with Crippen molar-refractivity contribution in [2.75, 3.05) is 56.3 Å². The molecule has 10 nitrogen and oxygen atoms in total. The van der Waals surface area contributed by atoms with E-state index in [-0.39, 0.29) is 28.9 Å². The van der Waals surface area contributed by atoms with Crippen LogP contribution in [0.2, 0.25) is 0 Å². The minimum absolute atomic E-state index is 0.00342. The highest BCUT2D eigenvalue weighted by Gasteiger charge is 2.30. The fraction of sp³-hybridized carbons (Fsp3) is 0.536. The largest absolute Gasteiger partial charge is 0.508 e. The molecule has 0 bridgehead atoms. The second-order valence-electron chi connectivity index (χ2n) is 10.7. The maximum Gasteiger partial charge on any atom is 0.257 e. The minimum Gasteiger partial charge on any atom is -0.508 e. The summed E-state index contributed by atoms with van der Waals surface area (Å²) in [6.07, 6.45) is 2.54. The van der Waals surface area contributed by atoms with E-state index in [2.05, 4.69) is 10.2 Å². The van der Waals surface area contributed by atoms with Crippen LogP contribution in [0.1, 0.15) is 59.0 Å². The van der Waals surface area contributed by atoms with Crippen LogP contribution < -0.4 is 10.2 Å². The first-order valence-electron chi connectivity index (χ1n) is 13.7. The third-order valence-electron chi connectivity index (χ3n) is 7.83. The van der Waals surface area contributed by atoms with Crippen LogP contribution in [0.5, 0.6) is 11.5 Å². The van der Waals surface area contributed by atoms with Gasteiger partial charge in [-0.05, 0) is 42.4 Å². The Morgan fingerprint density at radius 1 is 1.05 bits per heavy atom. The van der Waals surface area contributed by atoms with Crippen molar-refractivity contribution in [1.29, 1.82) is 0 Å². The molecule has 3 aliphatic rings. The molecule has 0 atom stereocenters. The molecule has 6 rings (SSSR count). The van der Waals surface area contributed by atoms with E-state index in [4.69, 9.17) is 19.4 Å². The van der Waals surface area contributed by atoms with Crippen LogP contribution in [-0.2, 0) is 22.4 Å². The standard InChI is InChI=1S/C28H35N5O5S/c1-16(2)19-13-20(22(35)14-21(19)34)27(36)33-6-3-18-23(15-33)39-26-24(18)25(29-17-4-9-37-10-5-17)30-28(31-26)32-7-11-38-12-8-32/h13-14,16-17,34-35H,3-12,15H2,1-2H3,(H,29,30,31). The van der Waals surface area contributed by atoms with Crippen LogP contribution in [0, 0.1) is 0 Å². The number of benzene rings is 1. The Labute approximate surface area is 231 Å². The highest BCUT2D eigenvalue weighted by atomic mass is 32.1. The molecule has 0 spiro atoms. The number of fused-ring (bicyclic) bond motifs is 3. The number of rotatable bonds is 5. The summed E-state index contributed by atoms with van der Waals surface area (Å²) in [6.45, 7) is 9.16. The summed E-state index contributed by atoms with van der Waals surface area (Å²) in [5, 5.41) is 25.5. The molecule has 2 fully saturated rings. The van der Waals surface area contributed by atoms with Crippen molar-refractivity contribution in [1.82, 2.24) is 14.9 Å². The lowest BCUT2D eigenvalue weighted by molar-refractivity contribution is 0.0734. The lowest BCUT2D eigenvalue weighted by Gasteiger charge is -2.29. The number of thiophene rings is 1. The van der Waals surface area contributed by atoms with Gasteiger partial charge in [0.1, 0.15) is 22.1 Å². The third kappa shape index (κ3) is 5.10. The fourth-order valence-electron chi connectivity index (χ4n) is 5.60. The maximum absolute atomic E-state index is 13.5. The zero-order valence-corrected chi connectivity index (χ0v) is 23.2. The summed E-state index contributed by atoms with van der Waals surface area (Å²) in [4.78, 5) is 29.5. The molecule has 208 valence electrons. The topological polar surface area (TPSA) is 120 Å².